The normalized spacial score (nSPS) is 20.8. The summed E-state index contributed by atoms with van der Waals surface area (Å²) in [5, 5.41) is 9.74. The average Bonchev–Trinajstić information content (AvgIpc) is 3.23. The second kappa shape index (κ2) is 6.33. The topological polar surface area (TPSA) is 83.1 Å². The molecule has 0 saturated carbocycles. The van der Waals surface area contributed by atoms with Gasteiger partial charge in [0.1, 0.15) is 6.10 Å². The number of rotatable bonds is 3. The molecular weight excluding hydrogens is 306 g/mol. The lowest BCUT2D eigenvalue weighted by molar-refractivity contribution is -0.132. The van der Waals surface area contributed by atoms with Crippen LogP contribution in [0.2, 0.25) is 0 Å². The van der Waals surface area contributed by atoms with Gasteiger partial charge in [0.15, 0.2) is 5.82 Å². The van der Waals surface area contributed by atoms with Gasteiger partial charge in [-0.25, -0.2) is 0 Å². The van der Waals surface area contributed by atoms with Crippen molar-refractivity contribution in [2.24, 2.45) is 0 Å². The first kappa shape index (κ1) is 15.3. The van der Waals surface area contributed by atoms with Crippen molar-refractivity contribution in [1.82, 2.24) is 20.1 Å². The molecule has 0 unspecified atom stereocenters. The number of nitrogens with one attached hydrogen (secondary N) is 2. The van der Waals surface area contributed by atoms with Crippen LogP contribution in [0.1, 0.15) is 17.5 Å². The smallest absolute Gasteiger partial charge is 0.257 e. The van der Waals surface area contributed by atoms with Crippen LogP contribution in [0.15, 0.2) is 18.2 Å². The lowest BCUT2D eigenvalue weighted by Gasteiger charge is -2.28. The van der Waals surface area contributed by atoms with Crippen molar-refractivity contribution in [1.29, 1.82) is 0 Å². The Balaban J connectivity index is 1.46. The van der Waals surface area contributed by atoms with Gasteiger partial charge >= 0.3 is 0 Å². The van der Waals surface area contributed by atoms with Gasteiger partial charge in [-0.15, -0.1) is 5.10 Å². The number of likely N-dealkylation sites (N-methyl/N-ethyl adjacent to an activating group) is 1. The van der Waals surface area contributed by atoms with Gasteiger partial charge in [0, 0.05) is 18.7 Å². The third kappa shape index (κ3) is 3.05. The van der Waals surface area contributed by atoms with Crippen LogP contribution in [0.25, 0.3) is 11.4 Å². The van der Waals surface area contributed by atoms with Crippen LogP contribution < -0.4 is 5.32 Å². The monoisotopic (exact) mass is 327 g/mol. The third-order valence-electron chi connectivity index (χ3n) is 4.65. The van der Waals surface area contributed by atoms with E-state index in [1.165, 1.54) is 17.5 Å². The van der Waals surface area contributed by atoms with Crippen LogP contribution in [0, 0.1) is 0 Å². The molecule has 2 aliphatic rings. The molecule has 7 nitrogen and oxygen atoms in total. The molecule has 1 atom stereocenters. The van der Waals surface area contributed by atoms with E-state index in [0.29, 0.717) is 19.0 Å². The Kier molecular flexibility index (Phi) is 4.03. The van der Waals surface area contributed by atoms with Crippen molar-refractivity contribution >= 4 is 11.9 Å². The summed E-state index contributed by atoms with van der Waals surface area (Å²) < 4.78 is 5.50. The minimum absolute atomic E-state index is 0.207. The van der Waals surface area contributed by atoms with Crippen LogP contribution >= 0.6 is 0 Å². The number of ether oxygens (including phenoxy) is 1. The molecule has 2 N–H and O–H groups in total. The summed E-state index contributed by atoms with van der Waals surface area (Å²) in [6, 6.07) is 6.37. The molecule has 2 aromatic rings. The molecule has 1 aromatic heterocycles. The molecule has 24 heavy (non-hydrogen) atoms. The van der Waals surface area contributed by atoms with Gasteiger partial charge in [-0.3, -0.25) is 15.2 Å². The average molecular weight is 327 g/mol. The van der Waals surface area contributed by atoms with Crippen molar-refractivity contribution < 1.29 is 9.53 Å². The van der Waals surface area contributed by atoms with Crippen molar-refractivity contribution in [3.8, 4) is 11.4 Å². The fourth-order valence-electron chi connectivity index (χ4n) is 3.29. The van der Waals surface area contributed by atoms with Crippen LogP contribution in [0.5, 0.6) is 0 Å². The van der Waals surface area contributed by atoms with E-state index in [1.54, 1.807) is 0 Å². The maximum Gasteiger partial charge on any atom is 0.257 e. The number of aromatic amines is 1. The van der Waals surface area contributed by atoms with Crippen molar-refractivity contribution in [2.75, 3.05) is 32.1 Å². The Morgan fingerprint density at radius 2 is 2.25 bits per heavy atom. The standard InChI is InChI=1S/C17H21N5O2/c1-22-7-8-24-14(10-22)16(23)19-17-18-15(20-21-17)13-6-5-11-3-2-4-12(11)9-13/h5-6,9,14H,2-4,7-8,10H2,1H3,(H2,18,19,20,21,23)/t14-/m0/s1. The van der Waals surface area contributed by atoms with Crippen molar-refractivity contribution in [2.45, 2.75) is 25.4 Å². The summed E-state index contributed by atoms with van der Waals surface area (Å²) in [6.45, 7) is 1.98. The maximum atomic E-state index is 12.3. The summed E-state index contributed by atoms with van der Waals surface area (Å²) in [5.74, 6) is 0.745. The van der Waals surface area contributed by atoms with Crippen molar-refractivity contribution in [3.05, 3.63) is 29.3 Å². The summed E-state index contributed by atoms with van der Waals surface area (Å²) in [7, 11) is 1.97. The first-order chi connectivity index (χ1) is 11.7. The van der Waals surface area contributed by atoms with Crippen molar-refractivity contribution in [3.63, 3.8) is 0 Å². The number of morpholine rings is 1. The van der Waals surface area contributed by atoms with Gasteiger partial charge in [0.2, 0.25) is 5.95 Å². The Labute approximate surface area is 140 Å². The number of fused-ring (bicyclic) bond motifs is 1. The molecule has 0 spiro atoms. The number of carbonyl (C=O) groups is 1. The molecule has 1 saturated heterocycles. The first-order valence-electron chi connectivity index (χ1n) is 8.34. The highest BCUT2D eigenvalue weighted by Gasteiger charge is 2.25. The fourth-order valence-corrected chi connectivity index (χ4v) is 3.29. The minimum atomic E-state index is -0.481. The van der Waals surface area contributed by atoms with Gasteiger partial charge in [0.05, 0.1) is 6.61 Å². The summed E-state index contributed by atoms with van der Waals surface area (Å²) in [6.07, 6.45) is 3.01. The quantitative estimate of drug-likeness (QED) is 0.886. The highest BCUT2D eigenvalue weighted by Crippen LogP contribution is 2.26. The lowest BCUT2D eigenvalue weighted by atomic mass is 10.1. The number of amides is 1. The number of benzene rings is 1. The van der Waals surface area contributed by atoms with Gasteiger partial charge in [-0.1, -0.05) is 12.1 Å². The number of aryl methyl sites for hydroxylation is 2. The zero-order valence-electron chi connectivity index (χ0n) is 13.7. The van der Waals surface area contributed by atoms with E-state index in [9.17, 15) is 4.79 Å². The van der Waals surface area contributed by atoms with Gasteiger partial charge in [-0.05, 0) is 43.5 Å². The zero-order valence-corrected chi connectivity index (χ0v) is 13.7. The van der Waals surface area contributed by atoms with Gasteiger partial charge < -0.3 is 9.64 Å². The Morgan fingerprint density at radius 1 is 1.38 bits per heavy atom. The molecule has 1 aliphatic carbocycles. The molecular formula is C17H21N5O2. The highest BCUT2D eigenvalue weighted by molar-refractivity contribution is 5.93. The first-order valence-corrected chi connectivity index (χ1v) is 8.34. The minimum Gasteiger partial charge on any atom is -0.366 e. The van der Waals surface area contributed by atoms with Gasteiger partial charge in [0.25, 0.3) is 5.91 Å². The van der Waals surface area contributed by atoms with E-state index in [2.05, 4.69) is 43.6 Å². The SMILES string of the molecule is CN1CCO[C@H](C(=O)Nc2n[nH]c(-c3ccc4c(c3)CCC4)n2)C1. The van der Waals surface area contributed by atoms with Crippen LogP contribution in [-0.2, 0) is 22.4 Å². The second-order valence-corrected chi connectivity index (χ2v) is 6.46. The molecule has 7 heteroatoms. The lowest BCUT2D eigenvalue weighted by Crippen LogP contribution is -2.46. The molecule has 126 valence electrons. The Bertz CT molecular complexity index is 757. The largest absolute Gasteiger partial charge is 0.366 e. The zero-order chi connectivity index (χ0) is 16.5. The number of hydrogen-bond acceptors (Lipinski definition) is 5. The van der Waals surface area contributed by atoms with E-state index in [0.717, 1.165) is 24.9 Å². The molecule has 1 amide bonds. The Hall–Kier alpha value is -2.25. The molecule has 2 heterocycles. The molecule has 1 fully saturated rings. The molecule has 1 aromatic carbocycles. The van der Waals surface area contributed by atoms with E-state index in [-0.39, 0.29) is 11.9 Å². The Morgan fingerprint density at radius 3 is 3.12 bits per heavy atom. The highest BCUT2D eigenvalue weighted by atomic mass is 16.5. The van der Waals surface area contributed by atoms with E-state index in [4.69, 9.17) is 4.74 Å². The predicted molar refractivity (Wildman–Crippen MR) is 89.7 cm³/mol. The van der Waals surface area contributed by atoms with E-state index >= 15 is 0 Å². The van der Waals surface area contributed by atoms with Gasteiger partial charge in [-0.2, -0.15) is 4.98 Å². The number of H-pyrrole nitrogens is 1. The van der Waals surface area contributed by atoms with E-state index in [1.807, 2.05) is 7.05 Å². The second-order valence-electron chi connectivity index (χ2n) is 6.46. The molecule has 4 rings (SSSR count). The molecule has 1 aliphatic heterocycles. The molecule has 0 bridgehead atoms. The summed E-state index contributed by atoms with van der Waals surface area (Å²) >= 11 is 0. The molecule has 0 radical (unpaired) electrons. The maximum absolute atomic E-state index is 12.3. The van der Waals surface area contributed by atoms with Crippen LogP contribution in [0.3, 0.4) is 0 Å². The number of anilines is 1. The number of nitrogens with zero attached hydrogens (tertiary/aromatic N) is 3. The van der Waals surface area contributed by atoms with Crippen LogP contribution in [-0.4, -0.2) is 58.8 Å². The summed E-state index contributed by atoms with van der Waals surface area (Å²) in [4.78, 5) is 18.7. The van der Waals surface area contributed by atoms with Crippen LogP contribution in [0.4, 0.5) is 5.95 Å². The number of carbonyl (C=O) groups excluding carboxylic acids is 1. The fraction of sp³-hybridized carbons (Fsp3) is 0.471. The predicted octanol–water partition coefficient (Wildman–Crippen LogP) is 1.23. The summed E-state index contributed by atoms with van der Waals surface area (Å²) in [5.41, 5.74) is 3.80. The number of hydrogen-bond donors (Lipinski definition) is 2. The van der Waals surface area contributed by atoms with E-state index < -0.39 is 6.10 Å². The number of aromatic nitrogens is 3. The third-order valence-corrected chi connectivity index (χ3v) is 4.65.